The lowest BCUT2D eigenvalue weighted by molar-refractivity contribution is 0.0690. The van der Waals surface area contributed by atoms with Crippen LogP contribution in [0.4, 0.5) is 5.82 Å². The number of nitrogens with zero attached hydrogens (tertiary/aromatic N) is 2. The molecule has 1 aromatic rings. The lowest BCUT2D eigenvalue weighted by Crippen LogP contribution is -1.95. The molecule has 1 rings (SSSR count). The van der Waals surface area contributed by atoms with Crippen molar-refractivity contribution in [2.24, 2.45) is 0 Å². The summed E-state index contributed by atoms with van der Waals surface area (Å²) in [6.45, 7) is 0. The van der Waals surface area contributed by atoms with Crippen molar-refractivity contribution in [2.75, 3.05) is 7.05 Å². The molecule has 53 valence electrons. The minimum absolute atomic E-state index is 0.0561. The maximum absolute atomic E-state index is 10.2. The van der Waals surface area contributed by atoms with Crippen LogP contribution in [0.5, 0.6) is 0 Å². The summed E-state index contributed by atoms with van der Waals surface area (Å²) in [4.78, 5) is 10.2. The van der Waals surface area contributed by atoms with Crippen LogP contribution in [0.1, 0.15) is 10.5 Å². The number of H-pyrrole nitrogens is 1. The lowest BCUT2D eigenvalue weighted by atomic mass is 10.4. The van der Waals surface area contributed by atoms with Crippen LogP contribution in [0.25, 0.3) is 0 Å². The van der Waals surface area contributed by atoms with Crippen molar-refractivity contribution in [1.82, 2.24) is 15.5 Å². The van der Waals surface area contributed by atoms with Gasteiger partial charge in [0.05, 0.1) is 0 Å². The van der Waals surface area contributed by atoms with Gasteiger partial charge in [0.2, 0.25) is 0 Å². The third-order valence-electron chi connectivity index (χ3n) is 1.02. The van der Waals surface area contributed by atoms with E-state index < -0.39 is 5.97 Å². The van der Waals surface area contributed by atoms with Gasteiger partial charge >= 0.3 is 5.97 Å². The Morgan fingerprint density at radius 2 is 2.60 bits per heavy atom. The Morgan fingerprint density at radius 3 is 2.90 bits per heavy atom. The quantitative estimate of drug-likeness (QED) is 0.605. The molecule has 0 amide bonds. The van der Waals surface area contributed by atoms with E-state index >= 15 is 0 Å². The van der Waals surface area contributed by atoms with Crippen LogP contribution in [0, 0.1) is 0 Å². The van der Waals surface area contributed by atoms with Gasteiger partial charge in [0.1, 0.15) is 5.69 Å². The molecule has 2 N–H and O–H groups in total. The third kappa shape index (κ3) is 1.07. The second-order valence-corrected chi connectivity index (χ2v) is 1.67. The molecule has 0 bridgehead atoms. The number of nitrogens with one attached hydrogen (secondary N) is 1. The average molecular weight is 140 g/mol. The minimum atomic E-state index is -1.03. The molecular formula is C5H6N3O2. The third-order valence-corrected chi connectivity index (χ3v) is 1.02. The summed E-state index contributed by atoms with van der Waals surface area (Å²) in [5.74, 6) is -0.625. The first kappa shape index (κ1) is 6.60. The van der Waals surface area contributed by atoms with Gasteiger partial charge in [-0.3, -0.25) is 10.4 Å². The van der Waals surface area contributed by atoms with Crippen molar-refractivity contribution in [3.8, 4) is 0 Å². The molecule has 5 nitrogen and oxygen atoms in total. The molecular weight excluding hydrogens is 134 g/mol. The minimum Gasteiger partial charge on any atom is -0.477 e. The van der Waals surface area contributed by atoms with Crippen LogP contribution in [0.15, 0.2) is 6.07 Å². The Balaban J connectivity index is 2.88. The van der Waals surface area contributed by atoms with Gasteiger partial charge in [0.15, 0.2) is 5.82 Å². The molecule has 0 saturated carbocycles. The fraction of sp³-hybridized carbons (Fsp3) is 0.200. The second-order valence-electron chi connectivity index (χ2n) is 1.67. The van der Waals surface area contributed by atoms with Gasteiger partial charge in [0, 0.05) is 13.1 Å². The van der Waals surface area contributed by atoms with Gasteiger partial charge in [0.25, 0.3) is 0 Å². The maximum Gasteiger partial charge on any atom is 0.353 e. The van der Waals surface area contributed by atoms with Crippen molar-refractivity contribution in [2.45, 2.75) is 0 Å². The number of hydrogen-bond donors (Lipinski definition) is 2. The molecule has 0 fully saturated rings. The molecule has 1 heterocycles. The number of carboxylic acid groups (broad SMARTS) is 1. The van der Waals surface area contributed by atoms with Crippen molar-refractivity contribution in [1.29, 1.82) is 0 Å². The largest absolute Gasteiger partial charge is 0.477 e. The van der Waals surface area contributed by atoms with Crippen molar-refractivity contribution in [3.05, 3.63) is 11.8 Å². The van der Waals surface area contributed by atoms with E-state index in [-0.39, 0.29) is 5.69 Å². The van der Waals surface area contributed by atoms with E-state index in [1.807, 2.05) is 0 Å². The molecule has 0 spiro atoms. The van der Waals surface area contributed by atoms with Gasteiger partial charge in [-0.15, -0.1) is 0 Å². The summed E-state index contributed by atoms with van der Waals surface area (Å²) in [7, 11) is 1.54. The molecule has 0 aliphatic heterocycles. The molecule has 0 atom stereocenters. The normalized spacial score (nSPS) is 9.30. The van der Waals surface area contributed by atoms with E-state index in [9.17, 15) is 4.79 Å². The Morgan fingerprint density at radius 1 is 1.90 bits per heavy atom. The molecule has 10 heavy (non-hydrogen) atoms. The van der Waals surface area contributed by atoms with Crippen LogP contribution < -0.4 is 5.32 Å². The van der Waals surface area contributed by atoms with E-state index in [1.165, 1.54) is 6.07 Å². The van der Waals surface area contributed by atoms with Gasteiger partial charge in [-0.05, 0) is 0 Å². The molecule has 0 aliphatic rings. The first-order chi connectivity index (χ1) is 4.74. The number of rotatable bonds is 2. The summed E-state index contributed by atoms with van der Waals surface area (Å²) in [6, 6.07) is 1.36. The zero-order valence-electron chi connectivity index (χ0n) is 5.33. The highest BCUT2D eigenvalue weighted by Crippen LogP contribution is 2.02. The van der Waals surface area contributed by atoms with E-state index in [2.05, 4.69) is 15.5 Å². The maximum atomic E-state index is 10.2. The van der Waals surface area contributed by atoms with Crippen molar-refractivity contribution >= 4 is 11.8 Å². The fourth-order valence-corrected chi connectivity index (χ4v) is 0.535. The van der Waals surface area contributed by atoms with Crippen LogP contribution in [0.2, 0.25) is 0 Å². The molecule has 5 heteroatoms. The molecule has 1 radical (unpaired) electrons. The van der Waals surface area contributed by atoms with Crippen LogP contribution in [-0.4, -0.2) is 28.3 Å². The summed E-state index contributed by atoms with van der Waals surface area (Å²) >= 11 is 0. The number of aromatic amines is 1. The lowest BCUT2D eigenvalue weighted by Gasteiger charge is -1.81. The predicted molar refractivity (Wildman–Crippen MR) is 33.3 cm³/mol. The highest BCUT2D eigenvalue weighted by molar-refractivity contribution is 5.85. The fourth-order valence-electron chi connectivity index (χ4n) is 0.535. The Hall–Kier alpha value is -1.52. The van der Waals surface area contributed by atoms with E-state index in [0.717, 1.165) is 0 Å². The molecule has 0 aliphatic carbocycles. The summed E-state index contributed by atoms with van der Waals surface area (Å²) in [6.07, 6.45) is 0. The van der Waals surface area contributed by atoms with Gasteiger partial charge < -0.3 is 5.11 Å². The highest BCUT2D eigenvalue weighted by atomic mass is 16.4. The van der Waals surface area contributed by atoms with Gasteiger partial charge in [-0.2, -0.15) is 5.10 Å². The van der Waals surface area contributed by atoms with E-state index in [1.54, 1.807) is 7.05 Å². The monoisotopic (exact) mass is 140 g/mol. The standard InChI is InChI=1S/C5H6N3O2/c1-6-4-2-3(5(9)10)7-8-4/h2H,1H3,(H,7,8)(H,9,10). The molecule has 0 saturated heterocycles. The first-order valence-electron chi connectivity index (χ1n) is 2.62. The Bertz CT molecular complexity index is 243. The number of aromatic nitrogens is 2. The van der Waals surface area contributed by atoms with Crippen molar-refractivity contribution < 1.29 is 9.90 Å². The smallest absolute Gasteiger partial charge is 0.353 e. The van der Waals surface area contributed by atoms with Crippen LogP contribution in [0.3, 0.4) is 0 Å². The zero-order chi connectivity index (χ0) is 7.56. The molecule has 0 aromatic carbocycles. The number of aromatic carboxylic acids is 1. The first-order valence-corrected chi connectivity index (χ1v) is 2.62. The summed E-state index contributed by atoms with van der Waals surface area (Å²) in [5, 5.41) is 17.9. The average Bonchev–Trinajstić information content (AvgIpc) is 2.34. The predicted octanol–water partition coefficient (Wildman–Crippen LogP) is -0.0264. The SMILES string of the molecule is C[N]c1cc(C(=O)O)[nH]n1. The van der Waals surface area contributed by atoms with E-state index in [0.29, 0.717) is 5.82 Å². The van der Waals surface area contributed by atoms with Crippen molar-refractivity contribution in [3.63, 3.8) is 0 Å². The van der Waals surface area contributed by atoms with Crippen LogP contribution in [-0.2, 0) is 0 Å². The number of carbonyl (C=O) groups is 1. The number of carboxylic acids is 1. The Labute approximate surface area is 57.1 Å². The molecule has 0 unspecified atom stereocenters. The molecule has 1 aromatic heterocycles. The number of hydrogen-bond acceptors (Lipinski definition) is 2. The highest BCUT2D eigenvalue weighted by Gasteiger charge is 2.05. The topological polar surface area (TPSA) is 80.1 Å². The zero-order valence-corrected chi connectivity index (χ0v) is 5.33. The summed E-state index contributed by atoms with van der Waals surface area (Å²) < 4.78 is 0. The van der Waals surface area contributed by atoms with E-state index in [4.69, 9.17) is 5.11 Å². The summed E-state index contributed by atoms with van der Waals surface area (Å²) in [5.41, 5.74) is 0.0561. The van der Waals surface area contributed by atoms with Crippen LogP contribution >= 0.6 is 0 Å². The Kier molecular flexibility index (Phi) is 1.57. The second kappa shape index (κ2) is 2.38. The van der Waals surface area contributed by atoms with Gasteiger partial charge in [-0.1, -0.05) is 0 Å². The van der Waals surface area contributed by atoms with Gasteiger partial charge in [-0.25, -0.2) is 4.79 Å².